The Kier molecular flexibility index (Phi) is 9.35. The number of carbonyl (C=O) groups is 2. The average molecular weight is 412 g/mol. The number of nitrogens with zero attached hydrogens (tertiary/aromatic N) is 1. The van der Waals surface area contributed by atoms with Crippen LogP contribution in [0.2, 0.25) is 0 Å². The van der Waals surface area contributed by atoms with Crippen LogP contribution >= 0.6 is 0 Å². The molecule has 30 heavy (non-hydrogen) atoms. The van der Waals surface area contributed by atoms with Crippen molar-refractivity contribution in [1.29, 1.82) is 0 Å². The van der Waals surface area contributed by atoms with Gasteiger partial charge >= 0.3 is 0 Å². The van der Waals surface area contributed by atoms with Crippen LogP contribution in [-0.2, 0) is 4.79 Å². The molecule has 0 spiro atoms. The topological polar surface area (TPSA) is 70.7 Å². The van der Waals surface area contributed by atoms with E-state index in [2.05, 4.69) is 29.4 Å². The molecule has 0 saturated carbocycles. The van der Waals surface area contributed by atoms with E-state index in [0.29, 0.717) is 30.0 Å². The summed E-state index contributed by atoms with van der Waals surface area (Å²) in [5.74, 6) is -0.0732. The molecule has 0 fully saturated rings. The molecule has 6 heteroatoms. The van der Waals surface area contributed by atoms with E-state index in [1.54, 1.807) is 18.2 Å². The summed E-state index contributed by atoms with van der Waals surface area (Å²) in [6.45, 7) is 9.45. The van der Waals surface area contributed by atoms with E-state index in [0.717, 1.165) is 25.2 Å². The summed E-state index contributed by atoms with van der Waals surface area (Å²) < 4.78 is 5.41. The molecule has 1 atom stereocenters. The summed E-state index contributed by atoms with van der Waals surface area (Å²) in [6, 6.07) is 14.8. The molecule has 0 aliphatic carbocycles. The van der Waals surface area contributed by atoms with Gasteiger partial charge < -0.3 is 20.3 Å². The maximum atomic E-state index is 12.8. The minimum atomic E-state index is -0.236. The van der Waals surface area contributed by atoms with Crippen molar-refractivity contribution in [2.24, 2.45) is 0 Å². The van der Waals surface area contributed by atoms with E-state index >= 15 is 0 Å². The van der Waals surface area contributed by atoms with E-state index in [1.807, 2.05) is 37.3 Å². The largest absolute Gasteiger partial charge is 0.496 e. The molecule has 0 aliphatic heterocycles. The number of likely N-dealkylation sites (N-methyl/N-ethyl adjacent to an activating group) is 1. The number of hydrogen-bond donors (Lipinski definition) is 2. The monoisotopic (exact) mass is 411 g/mol. The molecule has 0 aromatic heterocycles. The first kappa shape index (κ1) is 23.4. The number of methoxy groups -OCH3 is 1. The van der Waals surface area contributed by atoms with Gasteiger partial charge in [0.05, 0.1) is 18.6 Å². The summed E-state index contributed by atoms with van der Waals surface area (Å²) in [6.07, 6.45) is 0.694. The lowest BCUT2D eigenvalue weighted by Gasteiger charge is -2.18. The summed E-state index contributed by atoms with van der Waals surface area (Å²) in [5, 5.41) is 5.88. The number of amides is 2. The third-order valence-electron chi connectivity index (χ3n) is 5.25. The Balaban J connectivity index is 2.05. The quantitative estimate of drug-likeness (QED) is 0.588. The summed E-state index contributed by atoms with van der Waals surface area (Å²) in [7, 11) is 1.52. The van der Waals surface area contributed by atoms with Gasteiger partial charge in [0.15, 0.2) is 0 Å². The molecule has 0 bridgehead atoms. The van der Waals surface area contributed by atoms with Crippen molar-refractivity contribution in [3.63, 3.8) is 0 Å². The smallest absolute Gasteiger partial charge is 0.255 e. The van der Waals surface area contributed by atoms with Crippen LogP contribution in [0, 0.1) is 0 Å². The van der Waals surface area contributed by atoms with Gasteiger partial charge in [-0.3, -0.25) is 9.59 Å². The minimum Gasteiger partial charge on any atom is -0.496 e. The lowest BCUT2D eigenvalue weighted by atomic mass is 9.95. The van der Waals surface area contributed by atoms with Crippen molar-refractivity contribution in [2.75, 3.05) is 38.6 Å². The Bertz CT molecular complexity index is 820. The molecule has 0 saturated heterocycles. The highest BCUT2D eigenvalue weighted by atomic mass is 16.5. The Morgan fingerprint density at radius 1 is 1.03 bits per heavy atom. The standard InChI is InChI=1S/C24H33N3O3/c1-5-20(18-11-9-8-10-12-18)24(29)26-19-13-14-21(22(17-19)30-4)23(28)25-15-16-27(6-2)7-3/h8-14,17,20H,5-7,15-16H2,1-4H3,(H,25,28)(H,26,29). The third-order valence-corrected chi connectivity index (χ3v) is 5.25. The minimum absolute atomic E-state index is 0.0813. The van der Waals surface area contributed by atoms with Gasteiger partial charge in [-0.2, -0.15) is 0 Å². The molecule has 0 radical (unpaired) electrons. The van der Waals surface area contributed by atoms with Crippen LogP contribution in [0.3, 0.4) is 0 Å². The number of carbonyl (C=O) groups excluding carboxylic acids is 2. The average Bonchev–Trinajstić information content (AvgIpc) is 2.77. The van der Waals surface area contributed by atoms with E-state index in [-0.39, 0.29) is 17.7 Å². The second-order valence-corrected chi connectivity index (χ2v) is 7.06. The van der Waals surface area contributed by atoms with Crippen molar-refractivity contribution in [3.8, 4) is 5.75 Å². The number of ether oxygens (including phenoxy) is 1. The van der Waals surface area contributed by atoms with Crippen LogP contribution in [0.5, 0.6) is 5.75 Å². The summed E-state index contributed by atoms with van der Waals surface area (Å²) in [4.78, 5) is 27.6. The Morgan fingerprint density at radius 2 is 1.73 bits per heavy atom. The first-order chi connectivity index (χ1) is 14.5. The van der Waals surface area contributed by atoms with E-state index in [9.17, 15) is 9.59 Å². The van der Waals surface area contributed by atoms with Crippen molar-refractivity contribution in [2.45, 2.75) is 33.1 Å². The highest BCUT2D eigenvalue weighted by Gasteiger charge is 2.20. The van der Waals surface area contributed by atoms with Crippen LogP contribution in [0.25, 0.3) is 0 Å². The van der Waals surface area contributed by atoms with Crippen molar-refractivity contribution >= 4 is 17.5 Å². The zero-order chi connectivity index (χ0) is 21.9. The Labute approximate surface area is 179 Å². The number of rotatable bonds is 11. The number of nitrogens with one attached hydrogen (secondary N) is 2. The summed E-state index contributed by atoms with van der Waals surface area (Å²) in [5.41, 5.74) is 2.03. The van der Waals surface area contributed by atoms with Gasteiger partial charge in [0, 0.05) is 24.8 Å². The van der Waals surface area contributed by atoms with Crippen LogP contribution < -0.4 is 15.4 Å². The van der Waals surface area contributed by atoms with Gasteiger partial charge in [-0.05, 0) is 37.2 Å². The normalized spacial score (nSPS) is 11.8. The number of benzene rings is 2. The fourth-order valence-electron chi connectivity index (χ4n) is 3.41. The second kappa shape index (κ2) is 12.0. The van der Waals surface area contributed by atoms with Crippen LogP contribution in [-0.4, -0.2) is 50.0 Å². The molecule has 2 amide bonds. The third kappa shape index (κ3) is 6.32. The maximum absolute atomic E-state index is 12.8. The predicted octanol–water partition coefficient (Wildman–Crippen LogP) is 3.90. The van der Waals surface area contributed by atoms with Crippen molar-refractivity contribution in [3.05, 3.63) is 59.7 Å². The molecular weight excluding hydrogens is 378 g/mol. The van der Waals surface area contributed by atoms with E-state index < -0.39 is 0 Å². The molecule has 6 nitrogen and oxygen atoms in total. The predicted molar refractivity (Wildman–Crippen MR) is 121 cm³/mol. The highest BCUT2D eigenvalue weighted by molar-refractivity contribution is 5.99. The number of hydrogen-bond acceptors (Lipinski definition) is 4. The van der Waals surface area contributed by atoms with Crippen molar-refractivity contribution in [1.82, 2.24) is 10.2 Å². The van der Waals surface area contributed by atoms with Gasteiger partial charge in [-0.1, -0.05) is 51.1 Å². The van der Waals surface area contributed by atoms with Gasteiger partial charge in [-0.15, -0.1) is 0 Å². The molecule has 2 aromatic carbocycles. The number of anilines is 1. The first-order valence-corrected chi connectivity index (χ1v) is 10.6. The Morgan fingerprint density at radius 3 is 2.33 bits per heavy atom. The SMILES string of the molecule is CCC(C(=O)Nc1ccc(C(=O)NCCN(CC)CC)c(OC)c1)c1ccccc1. The fraction of sp³-hybridized carbons (Fsp3) is 0.417. The molecule has 162 valence electrons. The second-order valence-electron chi connectivity index (χ2n) is 7.06. The highest BCUT2D eigenvalue weighted by Crippen LogP contribution is 2.26. The van der Waals surface area contributed by atoms with Gasteiger partial charge in [-0.25, -0.2) is 0 Å². The zero-order valence-electron chi connectivity index (χ0n) is 18.4. The fourth-order valence-corrected chi connectivity index (χ4v) is 3.41. The van der Waals surface area contributed by atoms with Crippen LogP contribution in [0.15, 0.2) is 48.5 Å². The molecule has 1 unspecified atom stereocenters. The van der Waals surface area contributed by atoms with Crippen LogP contribution in [0.1, 0.15) is 49.0 Å². The summed E-state index contributed by atoms with van der Waals surface area (Å²) >= 11 is 0. The molecular formula is C24H33N3O3. The van der Waals surface area contributed by atoms with Gasteiger partial charge in [0.2, 0.25) is 5.91 Å². The first-order valence-electron chi connectivity index (χ1n) is 10.6. The maximum Gasteiger partial charge on any atom is 0.255 e. The Hall–Kier alpha value is -2.86. The molecule has 2 N–H and O–H groups in total. The zero-order valence-corrected chi connectivity index (χ0v) is 18.4. The van der Waals surface area contributed by atoms with Crippen LogP contribution in [0.4, 0.5) is 5.69 Å². The van der Waals surface area contributed by atoms with E-state index in [1.165, 1.54) is 7.11 Å². The molecule has 2 rings (SSSR count). The lowest BCUT2D eigenvalue weighted by Crippen LogP contribution is -2.34. The van der Waals surface area contributed by atoms with Crippen molar-refractivity contribution < 1.29 is 14.3 Å². The van der Waals surface area contributed by atoms with Gasteiger partial charge in [0.25, 0.3) is 5.91 Å². The molecule has 2 aromatic rings. The molecule has 0 aliphatic rings. The van der Waals surface area contributed by atoms with Gasteiger partial charge in [0.1, 0.15) is 5.75 Å². The van der Waals surface area contributed by atoms with E-state index in [4.69, 9.17) is 4.74 Å². The lowest BCUT2D eigenvalue weighted by molar-refractivity contribution is -0.117. The molecule has 0 heterocycles.